The van der Waals surface area contributed by atoms with E-state index in [4.69, 9.17) is 0 Å². The van der Waals surface area contributed by atoms with E-state index in [1.807, 2.05) is 0 Å². The van der Waals surface area contributed by atoms with Gasteiger partial charge in [0.1, 0.15) is 0 Å². The molecule has 2 unspecified atom stereocenters. The van der Waals surface area contributed by atoms with Crippen molar-refractivity contribution < 1.29 is 18.0 Å². The van der Waals surface area contributed by atoms with Gasteiger partial charge in [-0.1, -0.05) is 12.1 Å². The van der Waals surface area contributed by atoms with E-state index in [-0.39, 0.29) is 17.5 Å². The van der Waals surface area contributed by atoms with Crippen LogP contribution in [-0.4, -0.2) is 36.5 Å². The number of carbonyl (C=O) groups excluding carboxylic acids is 1. The summed E-state index contributed by atoms with van der Waals surface area (Å²) in [6, 6.07) is 4.11. The van der Waals surface area contributed by atoms with Crippen LogP contribution in [-0.2, 0) is 6.18 Å². The summed E-state index contributed by atoms with van der Waals surface area (Å²) in [6.45, 7) is 1.89. The summed E-state index contributed by atoms with van der Waals surface area (Å²) >= 11 is 0. The van der Waals surface area contributed by atoms with E-state index in [1.165, 1.54) is 6.07 Å². The first-order chi connectivity index (χ1) is 10.5. The number of halogens is 3. The Hall–Kier alpha value is -1.56. The summed E-state index contributed by atoms with van der Waals surface area (Å²) in [7, 11) is 0. The van der Waals surface area contributed by atoms with E-state index >= 15 is 0 Å². The van der Waals surface area contributed by atoms with Gasteiger partial charge < -0.3 is 10.2 Å². The second kappa shape index (κ2) is 4.72. The molecule has 4 rings (SSSR count). The fourth-order valence-electron chi connectivity index (χ4n) is 3.75. The zero-order valence-electron chi connectivity index (χ0n) is 12.0. The highest BCUT2D eigenvalue weighted by molar-refractivity contribution is 5.99. The molecule has 1 amide bonds. The quantitative estimate of drug-likeness (QED) is 0.911. The zero-order chi connectivity index (χ0) is 15.5. The van der Waals surface area contributed by atoms with Crippen LogP contribution >= 0.6 is 0 Å². The van der Waals surface area contributed by atoms with Crippen LogP contribution in [0, 0.1) is 5.92 Å². The number of carbonyl (C=O) groups is 1. The lowest BCUT2D eigenvalue weighted by Crippen LogP contribution is -2.49. The van der Waals surface area contributed by atoms with Crippen molar-refractivity contribution in [3.8, 4) is 0 Å². The lowest BCUT2D eigenvalue weighted by atomic mass is 9.82. The molecule has 0 bridgehead atoms. The van der Waals surface area contributed by atoms with Crippen molar-refractivity contribution in [2.24, 2.45) is 5.92 Å². The largest absolute Gasteiger partial charge is 0.417 e. The third-order valence-electron chi connectivity index (χ3n) is 5.01. The van der Waals surface area contributed by atoms with Crippen LogP contribution in [0.15, 0.2) is 18.2 Å². The molecule has 118 valence electrons. The maximum atomic E-state index is 13.3. The molecule has 1 saturated heterocycles. The lowest BCUT2D eigenvalue weighted by molar-refractivity contribution is -0.138. The molecule has 1 aliphatic carbocycles. The average molecular weight is 310 g/mol. The first kappa shape index (κ1) is 14.1. The highest BCUT2D eigenvalue weighted by Gasteiger charge is 2.47. The van der Waals surface area contributed by atoms with E-state index in [1.54, 1.807) is 11.0 Å². The van der Waals surface area contributed by atoms with Crippen molar-refractivity contribution in [2.75, 3.05) is 19.6 Å². The van der Waals surface area contributed by atoms with Gasteiger partial charge in [0, 0.05) is 25.6 Å². The summed E-state index contributed by atoms with van der Waals surface area (Å²) in [5.74, 6) is -0.0154. The van der Waals surface area contributed by atoms with Crippen LogP contribution in [0.1, 0.15) is 40.2 Å². The second-order valence-electron chi connectivity index (χ2n) is 6.50. The first-order valence-electron chi connectivity index (χ1n) is 7.68. The molecule has 2 aliphatic heterocycles. The van der Waals surface area contributed by atoms with Crippen molar-refractivity contribution in [3.05, 3.63) is 34.9 Å². The summed E-state index contributed by atoms with van der Waals surface area (Å²) in [4.78, 5) is 14.5. The van der Waals surface area contributed by atoms with Gasteiger partial charge in [-0.15, -0.1) is 0 Å². The fraction of sp³-hybridized carbons (Fsp3) is 0.562. The smallest absolute Gasteiger partial charge is 0.333 e. The molecule has 0 radical (unpaired) electrons. The Labute approximate surface area is 126 Å². The molecule has 2 atom stereocenters. The monoisotopic (exact) mass is 310 g/mol. The van der Waals surface area contributed by atoms with E-state index in [0.29, 0.717) is 31.1 Å². The zero-order valence-corrected chi connectivity index (χ0v) is 12.0. The van der Waals surface area contributed by atoms with Gasteiger partial charge in [-0.3, -0.25) is 4.79 Å². The van der Waals surface area contributed by atoms with Gasteiger partial charge in [-0.25, -0.2) is 0 Å². The highest BCUT2D eigenvalue weighted by Crippen LogP contribution is 2.43. The summed E-state index contributed by atoms with van der Waals surface area (Å²) in [6.07, 6.45) is -2.35. The average Bonchev–Trinajstić information content (AvgIpc) is 3.15. The van der Waals surface area contributed by atoms with Gasteiger partial charge in [0.25, 0.3) is 5.91 Å². The third-order valence-corrected chi connectivity index (χ3v) is 5.01. The Morgan fingerprint density at radius 3 is 2.68 bits per heavy atom. The Morgan fingerprint density at radius 1 is 1.23 bits per heavy atom. The van der Waals surface area contributed by atoms with Gasteiger partial charge in [-0.05, 0) is 30.4 Å². The molecule has 2 heterocycles. The summed E-state index contributed by atoms with van der Waals surface area (Å²) < 4.78 is 39.9. The molecule has 3 aliphatic rings. The normalized spacial score (nSPS) is 27.8. The fourth-order valence-corrected chi connectivity index (χ4v) is 3.75. The standard InChI is InChI=1S/C16H17F3N2O/c17-16(18,19)12-3-1-2-10-11-6-20-7-13(11)21(8-9-4-5-9)15(22)14(10)12/h1-3,9,11,13,20H,4-8H2. The van der Waals surface area contributed by atoms with Crippen LogP contribution in [0.3, 0.4) is 0 Å². The number of nitrogens with one attached hydrogen (secondary N) is 1. The molecule has 1 N–H and O–H groups in total. The number of hydrogen-bond acceptors (Lipinski definition) is 2. The number of rotatable bonds is 2. The first-order valence-corrected chi connectivity index (χ1v) is 7.68. The number of alkyl halides is 3. The maximum Gasteiger partial charge on any atom is 0.417 e. The van der Waals surface area contributed by atoms with Crippen LogP contribution in [0.4, 0.5) is 13.2 Å². The van der Waals surface area contributed by atoms with Gasteiger partial charge in [-0.2, -0.15) is 13.2 Å². The number of benzene rings is 1. The Balaban J connectivity index is 1.83. The molecular formula is C16H17F3N2O. The van der Waals surface area contributed by atoms with Gasteiger partial charge in [0.2, 0.25) is 0 Å². The maximum absolute atomic E-state index is 13.3. The number of amides is 1. The summed E-state index contributed by atoms with van der Waals surface area (Å²) in [5, 5.41) is 3.23. The molecular weight excluding hydrogens is 293 g/mol. The topological polar surface area (TPSA) is 32.3 Å². The molecule has 1 aromatic carbocycles. The van der Waals surface area contributed by atoms with Gasteiger partial charge in [0.05, 0.1) is 17.2 Å². The molecule has 6 heteroatoms. The predicted molar refractivity (Wildman–Crippen MR) is 74.6 cm³/mol. The third kappa shape index (κ3) is 2.12. The summed E-state index contributed by atoms with van der Waals surface area (Å²) in [5.41, 5.74) is -0.358. The molecule has 1 aromatic rings. The minimum Gasteiger partial charge on any atom is -0.333 e. The molecule has 0 spiro atoms. The van der Waals surface area contributed by atoms with Crippen LogP contribution in [0.5, 0.6) is 0 Å². The number of nitrogens with zero attached hydrogens (tertiary/aromatic N) is 1. The minimum absolute atomic E-state index is 0.0101. The molecule has 2 fully saturated rings. The van der Waals surface area contributed by atoms with E-state index in [0.717, 1.165) is 18.9 Å². The van der Waals surface area contributed by atoms with Crippen LogP contribution < -0.4 is 5.32 Å². The van der Waals surface area contributed by atoms with E-state index in [2.05, 4.69) is 5.32 Å². The van der Waals surface area contributed by atoms with Crippen LogP contribution in [0.25, 0.3) is 0 Å². The minimum atomic E-state index is -4.49. The Bertz CT molecular complexity index is 624. The van der Waals surface area contributed by atoms with Crippen molar-refractivity contribution in [3.63, 3.8) is 0 Å². The van der Waals surface area contributed by atoms with Gasteiger partial charge in [0.15, 0.2) is 0 Å². The van der Waals surface area contributed by atoms with Crippen molar-refractivity contribution >= 4 is 5.91 Å². The number of hydrogen-bond donors (Lipinski definition) is 1. The van der Waals surface area contributed by atoms with Gasteiger partial charge >= 0.3 is 6.18 Å². The number of fused-ring (bicyclic) bond motifs is 3. The molecule has 0 aromatic heterocycles. The Morgan fingerprint density at radius 2 is 2.00 bits per heavy atom. The van der Waals surface area contributed by atoms with E-state index in [9.17, 15) is 18.0 Å². The van der Waals surface area contributed by atoms with Crippen molar-refractivity contribution in [2.45, 2.75) is 31.0 Å². The Kier molecular flexibility index (Phi) is 3.01. The van der Waals surface area contributed by atoms with Crippen LogP contribution in [0.2, 0.25) is 0 Å². The lowest BCUT2D eigenvalue weighted by Gasteiger charge is -2.39. The van der Waals surface area contributed by atoms with Crippen molar-refractivity contribution in [1.82, 2.24) is 10.2 Å². The molecule has 1 saturated carbocycles. The second-order valence-corrected chi connectivity index (χ2v) is 6.50. The van der Waals surface area contributed by atoms with E-state index < -0.39 is 17.6 Å². The predicted octanol–water partition coefficient (Wildman–Crippen LogP) is 2.63. The van der Waals surface area contributed by atoms with Crippen molar-refractivity contribution in [1.29, 1.82) is 0 Å². The SMILES string of the molecule is O=C1c2c(cccc2C(F)(F)F)C2CNCC2N1CC1CC1. The highest BCUT2D eigenvalue weighted by atomic mass is 19.4. The molecule has 3 nitrogen and oxygen atoms in total. The molecule has 22 heavy (non-hydrogen) atoms.